The molecule has 4 nitrogen and oxygen atoms in total. The molecule has 0 radical (unpaired) electrons. The Kier molecular flexibility index (Phi) is 2.94. The highest BCUT2D eigenvalue weighted by Crippen LogP contribution is 2.15. The van der Waals surface area contributed by atoms with Gasteiger partial charge in [0.1, 0.15) is 12.2 Å². The largest absolute Gasteiger partial charge is 0.389 e. The molecule has 1 fully saturated rings. The van der Waals surface area contributed by atoms with Crippen LogP contribution in [0.25, 0.3) is 0 Å². The molecule has 1 heterocycles. The summed E-state index contributed by atoms with van der Waals surface area (Å²) in [7, 11) is 0. The van der Waals surface area contributed by atoms with Crippen LogP contribution in [0.1, 0.15) is 0 Å². The zero-order valence-corrected chi connectivity index (χ0v) is 6.19. The lowest BCUT2D eigenvalue weighted by Crippen LogP contribution is -2.62. The van der Waals surface area contributed by atoms with Gasteiger partial charge in [-0.05, 0) is 0 Å². The molecule has 1 saturated heterocycles. The van der Waals surface area contributed by atoms with Crippen molar-refractivity contribution >= 4 is 0 Å². The molecule has 0 saturated carbocycles. The van der Waals surface area contributed by atoms with E-state index in [1.54, 1.807) is 0 Å². The predicted molar refractivity (Wildman–Crippen MR) is 35.8 cm³/mol. The van der Waals surface area contributed by atoms with Crippen LogP contribution in [0.3, 0.4) is 0 Å². The van der Waals surface area contributed by atoms with Crippen molar-refractivity contribution in [2.24, 2.45) is 0 Å². The number of halogens is 2. The Morgan fingerprint density at radius 3 is 2.25 bits per heavy atom. The van der Waals surface area contributed by atoms with Crippen molar-refractivity contribution < 1.29 is 24.1 Å². The normalized spacial score (nSPS) is 43.5. The van der Waals surface area contributed by atoms with Crippen LogP contribution >= 0.6 is 0 Å². The highest BCUT2D eigenvalue weighted by Gasteiger charge is 2.40. The van der Waals surface area contributed by atoms with Gasteiger partial charge in [-0.15, -0.1) is 0 Å². The first-order valence-corrected chi connectivity index (χ1v) is 3.59. The molecule has 0 aromatic heterocycles. The SMILES string of the molecule is O[C@H]1[C@H](O)[C@@H](O)CN[C@@H]1C(F)F. The molecule has 4 N–H and O–H groups in total. The molecule has 0 amide bonds. The summed E-state index contributed by atoms with van der Waals surface area (Å²) in [6.45, 7) is -0.132. The van der Waals surface area contributed by atoms with E-state index >= 15 is 0 Å². The maximum Gasteiger partial charge on any atom is 0.256 e. The van der Waals surface area contributed by atoms with Crippen molar-refractivity contribution in [1.29, 1.82) is 0 Å². The number of hydrogen-bond acceptors (Lipinski definition) is 4. The first kappa shape index (κ1) is 9.79. The Morgan fingerprint density at radius 2 is 1.75 bits per heavy atom. The minimum absolute atomic E-state index is 0.132. The smallest absolute Gasteiger partial charge is 0.256 e. The molecular formula is C6H11F2NO3. The Balaban J connectivity index is 2.58. The quantitative estimate of drug-likeness (QED) is 0.391. The standard InChI is InChI=1S/C6H11F2NO3/c7-6(8)3-5(12)4(11)2(10)1-9-3/h2-6,9-12H,1H2/t2-,3-,4+,5+/m0/s1. The number of aliphatic hydroxyl groups excluding tert-OH is 3. The first-order chi connectivity index (χ1) is 5.54. The van der Waals surface area contributed by atoms with Crippen LogP contribution in [0, 0.1) is 0 Å². The molecule has 72 valence electrons. The van der Waals surface area contributed by atoms with Crippen molar-refractivity contribution in [2.45, 2.75) is 30.8 Å². The van der Waals surface area contributed by atoms with E-state index in [4.69, 9.17) is 15.3 Å². The highest BCUT2D eigenvalue weighted by atomic mass is 19.3. The summed E-state index contributed by atoms with van der Waals surface area (Å²) in [6.07, 6.45) is -7.05. The fourth-order valence-corrected chi connectivity index (χ4v) is 1.18. The van der Waals surface area contributed by atoms with E-state index in [1.165, 1.54) is 0 Å². The van der Waals surface area contributed by atoms with Crippen molar-refractivity contribution in [3.8, 4) is 0 Å². The summed E-state index contributed by atoms with van der Waals surface area (Å²) in [5, 5.41) is 29.2. The van der Waals surface area contributed by atoms with Crippen molar-refractivity contribution in [2.75, 3.05) is 6.54 Å². The summed E-state index contributed by atoms with van der Waals surface area (Å²) < 4.78 is 24.1. The Hall–Kier alpha value is -0.300. The number of piperidine rings is 1. The van der Waals surface area contributed by atoms with Gasteiger partial charge in [0, 0.05) is 6.54 Å². The Bertz CT molecular complexity index is 158. The van der Waals surface area contributed by atoms with Crippen LogP contribution in [0.15, 0.2) is 0 Å². The molecule has 0 aromatic rings. The molecule has 1 rings (SSSR count). The van der Waals surface area contributed by atoms with Crippen LogP contribution in [-0.2, 0) is 0 Å². The van der Waals surface area contributed by atoms with Gasteiger partial charge in [-0.1, -0.05) is 0 Å². The van der Waals surface area contributed by atoms with Gasteiger partial charge in [-0.3, -0.25) is 0 Å². The molecule has 6 heteroatoms. The van der Waals surface area contributed by atoms with E-state index in [-0.39, 0.29) is 6.54 Å². The summed E-state index contributed by atoms with van der Waals surface area (Å²) in [5.41, 5.74) is 0. The minimum Gasteiger partial charge on any atom is -0.389 e. The van der Waals surface area contributed by atoms with E-state index in [2.05, 4.69) is 5.32 Å². The maximum absolute atomic E-state index is 12.1. The summed E-state index contributed by atoms with van der Waals surface area (Å²) >= 11 is 0. The van der Waals surface area contributed by atoms with E-state index < -0.39 is 30.8 Å². The second-order valence-electron chi connectivity index (χ2n) is 2.82. The number of alkyl halides is 2. The second kappa shape index (κ2) is 3.61. The van der Waals surface area contributed by atoms with Crippen LogP contribution in [0.4, 0.5) is 8.78 Å². The third kappa shape index (κ3) is 1.71. The zero-order valence-electron chi connectivity index (χ0n) is 6.19. The van der Waals surface area contributed by atoms with Gasteiger partial charge in [0.05, 0.1) is 12.1 Å². The molecular weight excluding hydrogens is 172 g/mol. The molecule has 1 aliphatic rings. The lowest BCUT2D eigenvalue weighted by Gasteiger charge is -2.35. The lowest BCUT2D eigenvalue weighted by atomic mass is 9.96. The zero-order chi connectivity index (χ0) is 9.30. The predicted octanol–water partition coefficient (Wildman–Crippen LogP) is -1.69. The number of β-amino-alcohol motifs (C(OH)–C–C–N with tert-alkyl or cyclic N) is 1. The first-order valence-electron chi connectivity index (χ1n) is 3.59. The van der Waals surface area contributed by atoms with Crippen LogP contribution in [0.2, 0.25) is 0 Å². The third-order valence-corrected chi connectivity index (χ3v) is 1.95. The van der Waals surface area contributed by atoms with Crippen LogP contribution < -0.4 is 5.32 Å². The number of aliphatic hydroxyl groups is 3. The molecule has 0 spiro atoms. The monoisotopic (exact) mass is 183 g/mol. The van der Waals surface area contributed by atoms with Crippen molar-refractivity contribution in [3.63, 3.8) is 0 Å². The number of hydrogen-bond donors (Lipinski definition) is 4. The highest BCUT2D eigenvalue weighted by molar-refractivity contribution is 4.93. The summed E-state index contributed by atoms with van der Waals surface area (Å²) in [5.74, 6) is 0. The Labute approximate surface area is 67.8 Å². The fourth-order valence-electron chi connectivity index (χ4n) is 1.18. The average molecular weight is 183 g/mol. The maximum atomic E-state index is 12.1. The molecule has 0 aromatic carbocycles. The Morgan fingerprint density at radius 1 is 1.17 bits per heavy atom. The number of nitrogens with one attached hydrogen (secondary N) is 1. The van der Waals surface area contributed by atoms with E-state index in [1.807, 2.05) is 0 Å². The molecule has 4 atom stereocenters. The summed E-state index contributed by atoms with van der Waals surface area (Å²) in [4.78, 5) is 0. The van der Waals surface area contributed by atoms with Gasteiger partial charge in [-0.25, -0.2) is 8.78 Å². The fraction of sp³-hybridized carbons (Fsp3) is 1.00. The molecule has 0 bridgehead atoms. The van der Waals surface area contributed by atoms with Crippen molar-refractivity contribution in [3.05, 3.63) is 0 Å². The lowest BCUT2D eigenvalue weighted by molar-refractivity contribution is -0.118. The van der Waals surface area contributed by atoms with Crippen LogP contribution in [-0.4, -0.2) is 52.6 Å². The average Bonchev–Trinajstić information content (AvgIpc) is 2.00. The second-order valence-corrected chi connectivity index (χ2v) is 2.82. The van der Waals surface area contributed by atoms with Crippen molar-refractivity contribution in [1.82, 2.24) is 5.32 Å². The van der Waals surface area contributed by atoms with E-state index in [0.717, 1.165) is 0 Å². The van der Waals surface area contributed by atoms with Gasteiger partial charge >= 0.3 is 0 Å². The van der Waals surface area contributed by atoms with Crippen LogP contribution in [0.5, 0.6) is 0 Å². The number of rotatable bonds is 1. The van der Waals surface area contributed by atoms with Gasteiger partial charge in [0.25, 0.3) is 6.43 Å². The molecule has 0 unspecified atom stereocenters. The van der Waals surface area contributed by atoms with Gasteiger partial charge in [-0.2, -0.15) is 0 Å². The van der Waals surface area contributed by atoms with Gasteiger partial charge in [0.15, 0.2) is 0 Å². The third-order valence-electron chi connectivity index (χ3n) is 1.95. The van der Waals surface area contributed by atoms with Gasteiger partial charge < -0.3 is 20.6 Å². The molecule has 1 aliphatic heterocycles. The topological polar surface area (TPSA) is 72.7 Å². The summed E-state index contributed by atoms with van der Waals surface area (Å²) in [6, 6.07) is -1.46. The molecule has 12 heavy (non-hydrogen) atoms. The minimum atomic E-state index is -2.75. The van der Waals surface area contributed by atoms with E-state index in [0.29, 0.717) is 0 Å². The molecule has 0 aliphatic carbocycles. The van der Waals surface area contributed by atoms with E-state index in [9.17, 15) is 8.78 Å². The van der Waals surface area contributed by atoms with Gasteiger partial charge in [0.2, 0.25) is 0 Å².